The molecule has 6 heteroatoms. The number of methoxy groups -OCH3 is 1. The number of hydrogen-bond acceptors (Lipinski definition) is 4. The molecule has 0 aliphatic carbocycles. The molecule has 2 aromatic carbocycles. The topological polar surface area (TPSA) is 39.9 Å². The van der Waals surface area contributed by atoms with Gasteiger partial charge >= 0.3 is 0 Å². The molecule has 0 fully saturated rings. The maximum atomic E-state index is 5.28. The summed E-state index contributed by atoms with van der Waals surface area (Å²) in [5.41, 5.74) is 2.27. The Morgan fingerprint density at radius 1 is 1.12 bits per heavy atom. The third-order valence-electron chi connectivity index (χ3n) is 3.64. The molecule has 1 aromatic heterocycles. The molecule has 24 heavy (non-hydrogen) atoms. The zero-order valence-electron chi connectivity index (χ0n) is 13.6. The van der Waals surface area contributed by atoms with E-state index < -0.39 is 0 Å². The van der Waals surface area contributed by atoms with Crippen molar-refractivity contribution in [3.05, 3.63) is 58.6 Å². The number of halogens is 1. The monoisotopic (exact) mass is 403 g/mol. The fourth-order valence-corrected chi connectivity index (χ4v) is 3.61. The minimum Gasteiger partial charge on any atom is -0.497 e. The highest BCUT2D eigenvalue weighted by molar-refractivity contribution is 9.10. The van der Waals surface area contributed by atoms with Gasteiger partial charge in [0.05, 0.1) is 7.11 Å². The largest absolute Gasteiger partial charge is 0.497 e. The fraction of sp³-hybridized carbons (Fsp3) is 0.222. The van der Waals surface area contributed by atoms with Gasteiger partial charge in [0.1, 0.15) is 5.75 Å². The maximum absolute atomic E-state index is 5.28. The quantitative estimate of drug-likeness (QED) is 0.541. The Morgan fingerprint density at radius 2 is 1.92 bits per heavy atom. The molecule has 0 spiro atoms. The second-order valence-corrected chi connectivity index (χ2v) is 7.06. The molecule has 0 radical (unpaired) electrons. The highest BCUT2D eigenvalue weighted by Crippen LogP contribution is 2.28. The summed E-state index contributed by atoms with van der Waals surface area (Å²) in [6.45, 7) is 2.94. The van der Waals surface area contributed by atoms with E-state index in [1.807, 2.05) is 24.3 Å². The molecular formula is C18H18BrN3OS. The molecular weight excluding hydrogens is 386 g/mol. The normalized spacial score (nSPS) is 10.8. The lowest BCUT2D eigenvalue weighted by molar-refractivity contribution is 0.414. The van der Waals surface area contributed by atoms with Gasteiger partial charge < -0.3 is 9.30 Å². The van der Waals surface area contributed by atoms with E-state index in [2.05, 4.69) is 61.9 Å². The number of ether oxygens (including phenoxy) is 1. The Hall–Kier alpha value is -1.79. The maximum Gasteiger partial charge on any atom is 0.191 e. The van der Waals surface area contributed by atoms with Crippen molar-refractivity contribution in [2.24, 2.45) is 0 Å². The van der Waals surface area contributed by atoms with Crippen LogP contribution in [0.25, 0.3) is 11.4 Å². The molecule has 0 unspecified atom stereocenters. The van der Waals surface area contributed by atoms with Gasteiger partial charge in [0, 0.05) is 22.3 Å². The average molecular weight is 404 g/mol. The lowest BCUT2D eigenvalue weighted by Crippen LogP contribution is -1.99. The van der Waals surface area contributed by atoms with Crippen molar-refractivity contribution < 1.29 is 4.74 Å². The van der Waals surface area contributed by atoms with Gasteiger partial charge in [-0.15, -0.1) is 10.2 Å². The molecule has 0 saturated carbocycles. The van der Waals surface area contributed by atoms with Gasteiger partial charge in [-0.05, 0) is 36.8 Å². The van der Waals surface area contributed by atoms with Crippen LogP contribution in [-0.2, 0) is 12.3 Å². The van der Waals surface area contributed by atoms with Crippen LogP contribution in [-0.4, -0.2) is 21.9 Å². The van der Waals surface area contributed by atoms with Gasteiger partial charge in [-0.3, -0.25) is 0 Å². The Labute approximate surface area is 154 Å². The van der Waals surface area contributed by atoms with Crippen molar-refractivity contribution in [1.82, 2.24) is 14.8 Å². The SMILES string of the molecule is CCn1c(SCc2cccc(OC)c2)nnc1-c1ccc(Br)cc1. The highest BCUT2D eigenvalue weighted by atomic mass is 79.9. The summed E-state index contributed by atoms with van der Waals surface area (Å²) in [7, 11) is 1.68. The van der Waals surface area contributed by atoms with E-state index in [4.69, 9.17) is 4.74 Å². The summed E-state index contributed by atoms with van der Waals surface area (Å²) in [6, 6.07) is 16.3. The minimum absolute atomic E-state index is 0.829. The molecule has 0 N–H and O–H groups in total. The van der Waals surface area contributed by atoms with E-state index in [-0.39, 0.29) is 0 Å². The van der Waals surface area contributed by atoms with E-state index >= 15 is 0 Å². The van der Waals surface area contributed by atoms with Crippen molar-refractivity contribution in [3.63, 3.8) is 0 Å². The van der Waals surface area contributed by atoms with Gasteiger partial charge in [0.2, 0.25) is 0 Å². The third-order valence-corrected chi connectivity index (χ3v) is 5.20. The zero-order valence-corrected chi connectivity index (χ0v) is 16.0. The smallest absolute Gasteiger partial charge is 0.191 e. The predicted octanol–water partition coefficient (Wildman–Crippen LogP) is 5.03. The van der Waals surface area contributed by atoms with Crippen LogP contribution in [0, 0.1) is 0 Å². The molecule has 0 amide bonds. The first-order valence-corrected chi connectivity index (χ1v) is 9.44. The Bertz CT molecular complexity index is 817. The summed E-state index contributed by atoms with van der Waals surface area (Å²) in [5, 5.41) is 9.69. The summed E-state index contributed by atoms with van der Waals surface area (Å²) in [4.78, 5) is 0. The van der Waals surface area contributed by atoms with Crippen molar-refractivity contribution in [3.8, 4) is 17.1 Å². The number of benzene rings is 2. The van der Waals surface area contributed by atoms with E-state index in [9.17, 15) is 0 Å². The Morgan fingerprint density at radius 3 is 2.62 bits per heavy atom. The number of aromatic nitrogens is 3. The van der Waals surface area contributed by atoms with Crippen molar-refractivity contribution in [1.29, 1.82) is 0 Å². The summed E-state index contributed by atoms with van der Waals surface area (Å²) in [5.74, 6) is 2.61. The number of rotatable bonds is 6. The van der Waals surface area contributed by atoms with Crippen LogP contribution in [0.3, 0.4) is 0 Å². The van der Waals surface area contributed by atoms with Crippen molar-refractivity contribution in [2.45, 2.75) is 24.4 Å². The van der Waals surface area contributed by atoms with Crippen molar-refractivity contribution in [2.75, 3.05) is 7.11 Å². The average Bonchev–Trinajstić information content (AvgIpc) is 3.03. The van der Waals surface area contributed by atoms with E-state index in [0.29, 0.717) is 0 Å². The summed E-state index contributed by atoms with van der Waals surface area (Å²) < 4.78 is 8.48. The Balaban J connectivity index is 1.80. The van der Waals surface area contributed by atoms with E-state index in [1.165, 1.54) is 5.56 Å². The fourth-order valence-electron chi connectivity index (χ4n) is 2.40. The first-order chi connectivity index (χ1) is 11.7. The molecule has 124 valence electrons. The lowest BCUT2D eigenvalue weighted by Gasteiger charge is -2.08. The van der Waals surface area contributed by atoms with Gasteiger partial charge in [-0.25, -0.2) is 0 Å². The van der Waals surface area contributed by atoms with Gasteiger partial charge in [0.15, 0.2) is 11.0 Å². The molecule has 0 saturated heterocycles. The number of thioether (sulfide) groups is 1. The molecule has 3 aromatic rings. The van der Waals surface area contributed by atoms with Gasteiger partial charge in [-0.1, -0.05) is 52.0 Å². The molecule has 0 atom stereocenters. The predicted molar refractivity (Wildman–Crippen MR) is 101 cm³/mol. The van der Waals surface area contributed by atoms with Crippen LogP contribution in [0.4, 0.5) is 0 Å². The second kappa shape index (κ2) is 7.85. The number of nitrogens with zero attached hydrogens (tertiary/aromatic N) is 3. The number of hydrogen-bond donors (Lipinski definition) is 0. The third kappa shape index (κ3) is 3.82. The van der Waals surface area contributed by atoms with E-state index in [0.717, 1.165) is 39.1 Å². The van der Waals surface area contributed by atoms with Crippen LogP contribution in [0.5, 0.6) is 5.75 Å². The summed E-state index contributed by atoms with van der Waals surface area (Å²) >= 11 is 5.15. The summed E-state index contributed by atoms with van der Waals surface area (Å²) in [6.07, 6.45) is 0. The lowest BCUT2D eigenvalue weighted by atomic mass is 10.2. The molecule has 0 aliphatic rings. The van der Waals surface area contributed by atoms with Crippen LogP contribution in [0.15, 0.2) is 58.2 Å². The molecule has 1 heterocycles. The molecule has 4 nitrogen and oxygen atoms in total. The molecule has 3 rings (SSSR count). The van der Waals surface area contributed by atoms with Crippen molar-refractivity contribution >= 4 is 27.7 Å². The van der Waals surface area contributed by atoms with E-state index in [1.54, 1.807) is 18.9 Å². The Kier molecular flexibility index (Phi) is 5.58. The highest BCUT2D eigenvalue weighted by Gasteiger charge is 2.13. The van der Waals surface area contributed by atoms with Crippen LogP contribution < -0.4 is 4.74 Å². The van der Waals surface area contributed by atoms with Gasteiger partial charge in [0.25, 0.3) is 0 Å². The van der Waals surface area contributed by atoms with Gasteiger partial charge in [-0.2, -0.15) is 0 Å². The molecule has 0 bridgehead atoms. The first-order valence-electron chi connectivity index (χ1n) is 7.66. The zero-order chi connectivity index (χ0) is 16.9. The first kappa shape index (κ1) is 17.0. The minimum atomic E-state index is 0.829. The van der Waals surface area contributed by atoms with Crippen LogP contribution in [0.2, 0.25) is 0 Å². The molecule has 0 aliphatic heterocycles. The standard InChI is InChI=1S/C18H18BrN3OS/c1-3-22-17(14-7-9-15(19)10-8-14)20-21-18(22)24-12-13-5-4-6-16(11-13)23-2/h4-11H,3,12H2,1-2H3. The van der Waals surface area contributed by atoms with Crippen LogP contribution >= 0.6 is 27.7 Å². The second-order valence-electron chi connectivity index (χ2n) is 5.20. The van der Waals surface area contributed by atoms with Crippen LogP contribution in [0.1, 0.15) is 12.5 Å².